The Labute approximate surface area is 178 Å². The molecule has 0 saturated carbocycles. The van der Waals surface area contributed by atoms with Crippen molar-refractivity contribution in [2.45, 2.75) is 37.6 Å². The molecule has 2 aromatic carbocycles. The normalized spacial score (nSPS) is 13.9. The molecule has 0 aliphatic heterocycles. The van der Waals surface area contributed by atoms with Crippen LogP contribution >= 0.6 is 23.2 Å². The van der Waals surface area contributed by atoms with E-state index in [2.05, 4.69) is 0 Å². The van der Waals surface area contributed by atoms with Crippen molar-refractivity contribution in [3.63, 3.8) is 0 Å². The highest BCUT2D eigenvalue weighted by Crippen LogP contribution is 2.32. The number of benzene rings is 2. The van der Waals surface area contributed by atoms with E-state index in [1.807, 2.05) is 6.92 Å². The summed E-state index contributed by atoms with van der Waals surface area (Å²) in [5.74, 6) is 0.323. The average Bonchev–Trinajstić information content (AvgIpc) is 2.64. The largest absolute Gasteiger partial charge is 0.616 e. The molecular weight excluding hydrogens is 444 g/mol. The predicted octanol–water partition coefficient (Wildman–Crippen LogP) is 5.27. The molecule has 1 unspecified atom stereocenters. The zero-order chi connectivity index (χ0) is 20.9. The second kappa shape index (κ2) is 10.2. The lowest BCUT2D eigenvalue weighted by molar-refractivity contribution is 0.556. The van der Waals surface area contributed by atoms with E-state index >= 15 is 0 Å². The first-order chi connectivity index (χ1) is 13.2. The Bertz CT molecular complexity index is 895. The number of nitrogens with zero attached hydrogens (tertiary/aromatic N) is 1. The fourth-order valence-corrected chi connectivity index (χ4v) is 5.53. The topological polar surface area (TPSA) is 60.4 Å². The summed E-state index contributed by atoms with van der Waals surface area (Å²) in [4.78, 5) is 0.000241. The van der Waals surface area contributed by atoms with E-state index in [-0.39, 0.29) is 15.6 Å². The van der Waals surface area contributed by atoms with Crippen molar-refractivity contribution in [1.82, 2.24) is 0 Å². The molecule has 0 heterocycles. The Morgan fingerprint density at radius 1 is 1.14 bits per heavy atom. The smallest absolute Gasteiger partial charge is 0.264 e. The molecule has 9 heteroatoms. The van der Waals surface area contributed by atoms with Crippen molar-refractivity contribution in [2.75, 3.05) is 15.8 Å². The Hall–Kier alpha value is -0.990. The van der Waals surface area contributed by atoms with E-state index in [4.69, 9.17) is 23.2 Å². The maximum Gasteiger partial charge on any atom is 0.264 e. The summed E-state index contributed by atoms with van der Waals surface area (Å²) in [5, 5.41) is 0.626. The lowest BCUT2D eigenvalue weighted by Crippen LogP contribution is -2.39. The van der Waals surface area contributed by atoms with E-state index in [1.165, 1.54) is 36.4 Å². The molecule has 0 bridgehead atoms. The van der Waals surface area contributed by atoms with Crippen LogP contribution in [0.1, 0.15) is 26.7 Å². The Balaban J connectivity index is 2.43. The third-order valence-electron chi connectivity index (χ3n) is 4.23. The van der Waals surface area contributed by atoms with E-state index in [1.54, 1.807) is 6.92 Å². The fourth-order valence-electron chi connectivity index (χ4n) is 2.78. The molecule has 0 amide bonds. The van der Waals surface area contributed by atoms with Gasteiger partial charge in [0, 0.05) is 16.1 Å². The number of sulfonamides is 1. The standard InChI is InChI=1S/C19H22Cl2FNO3S2/c1-3-27(24)12-4-5-14(2)23(19-13-16(21)8-11-18(19)22)28(25,26)17-9-6-15(20)7-10-17/h6-11,13-14H,3-5,12H2,1-2H3/t14-,27?/m1/s1. The first kappa shape index (κ1) is 23.3. The molecular formula is C19H22Cl2FNO3S2. The number of anilines is 1. The molecule has 2 atom stereocenters. The highest BCUT2D eigenvalue weighted by Gasteiger charge is 2.31. The van der Waals surface area contributed by atoms with Gasteiger partial charge in [-0.3, -0.25) is 4.31 Å². The zero-order valence-electron chi connectivity index (χ0n) is 15.6. The Morgan fingerprint density at radius 3 is 2.36 bits per heavy atom. The molecule has 2 aromatic rings. The third kappa shape index (κ3) is 5.76. The second-order valence-corrected chi connectivity index (χ2v) is 10.8. The molecule has 2 rings (SSSR count). The monoisotopic (exact) mass is 465 g/mol. The SMILES string of the molecule is CC[S+]([O-])CCC[C@@H](C)N(c1cc(Cl)ccc1F)S(=O)(=O)c1ccc(Cl)cc1. The zero-order valence-corrected chi connectivity index (χ0v) is 18.7. The van der Waals surface area contributed by atoms with Crippen molar-refractivity contribution >= 4 is 50.1 Å². The second-order valence-electron chi connectivity index (χ2n) is 6.27. The van der Waals surface area contributed by atoms with Crippen LogP contribution in [0.4, 0.5) is 10.1 Å². The van der Waals surface area contributed by atoms with Crippen LogP contribution in [-0.4, -0.2) is 30.5 Å². The minimum atomic E-state index is -4.07. The van der Waals surface area contributed by atoms with Gasteiger partial charge < -0.3 is 4.55 Å². The van der Waals surface area contributed by atoms with Gasteiger partial charge in [-0.25, -0.2) is 12.8 Å². The average molecular weight is 466 g/mol. The summed E-state index contributed by atoms with van der Waals surface area (Å²) in [6, 6.07) is 8.93. The molecule has 0 aromatic heterocycles. The minimum absolute atomic E-state index is 0.000241. The van der Waals surface area contributed by atoms with Crippen molar-refractivity contribution in [3.05, 3.63) is 58.3 Å². The summed E-state index contributed by atoms with van der Waals surface area (Å²) >= 11 is 10.9. The number of hydrogen-bond acceptors (Lipinski definition) is 3. The third-order valence-corrected chi connectivity index (χ3v) is 8.05. The van der Waals surface area contributed by atoms with Gasteiger partial charge >= 0.3 is 0 Å². The summed E-state index contributed by atoms with van der Waals surface area (Å²) in [7, 11) is -4.07. The van der Waals surface area contributed by atoms with Gasteiger partial charge in [0.25, 0.3) is 10.0 Å². The van der Waals surface area contributed by atoms with Gasteiger partial charge in [0.05, 0.1) is 10.6 Å². The first-order valence-corrected chi connectivity index (χ1v) is 12.4. The quantitative estimate of drug-likeness (QED) is 0.474. The van der Waals surface area contributed by atoms with Gasteiger partial charge in [0.2, 0.25) is 0 Å². The maximum atomic E-state index is 14.6. The van der Waals surface area contributed by atoms with Crippen molar-refractivity contribution in [1.29, 1.82) is 0 Å². The summed E-state index contributed by atoms with van der Waals surface area (Å²) in [6.07, 6.45) is 0.973. The van der Waals surface area contributed by atoms with Gasteiger partial charge in [-0.15, -0.1) is 0 Å². The lowest BCUT2D eigenvalue weighted by Gasteiger charge is -2.31. The van der Waals surface area contributed by atoms with Crippen LogP contribution in [0, 0.1) is 5.82 Å². The van der Waals surface area contributed by atoms with Gasteiger partial charge in [-0.05, 0) is 69.2 Å². The fraction of sp³-hybridized carbons (Fsp3) is 0.368. The van der Waals surface area contributed by atoms with Crippen molar-refractivity contribution < 1.29 is 17.4 Å². The van der Waals surface area contributed by atoms with E-state index < -0.39 is 33.1 Å². The van der Waals surface area contributed by atoms with Crippen molar-refractivity contribution in [2.24, 2.45) is 0 Å². The lowest BCUT2D eigenvalue weighted by atomic mass is 10.2. The molecule has 0 aliphatic carbocycles. The molecule has 4 nitrogen and oxygen atoms in total. The maximum absolute atomic E-state index is 14.6. The Morgan fingerprint density at radius 2 is 1.75 bits per heavy atom. The van der Waals surface area contributed by atoms with E-state index in [0.29, 0.717) is 29.4 Å². The molecule has 0 spiro atoms. The van der Waals surface area contributed by atoms with Crippen LogP contribution in [0.2, 0.25) is 10.0 Å². The summed E-state index contributed by atoms with van der Waals surface area (Å²) in [5.41, 5.74) is -0.119. The van der Waals surface area contributed by atoms with Crippen LogP contribution in [0.3, 0.4) is 0 Å². The molecule has 0 N–H and O–H groups in total. The van der Waals surface area contributed by atoms with E-state index in [9.17, 15) is 17.4 Å². The van der Waals surface area contributed by atoms with Crippen LogP contribution in [0.5, 0.6) is 0 Å². The van der Waals surface area contributed by atoms with E-state index in [0.717, 1.165) is 10.4 Å². The molecule has 154 valence electrons. The molecule has 0 radical (unpaired) electrons. The van der Waals surface area contributed by atoms with Gasteiger partial charge in [-0.2, -0.15) is 0 Å². The van der Waals surface area contributed by atoms with Crippen LogP contribution in [0.15, 0.2) is 47.4 Å². The predicted molar refractivity (Wildman–Crippen MR) is 115 cm³/mol. The number of hydrogen-bond donors (Lipinski definition) is 0. The minimum Gasteiger partial charge on any atom is -0.616 e. The van der Waals surface area contributed by atoms with Crippen LogP contribution in [0.25, 0.3) is 0 Å². The Kier molecular flexibility index (Phi) is 8.45. The number of halogens is 3. The summed E-state index contributed by atoms with van der Waals surface area (Å²) < 4.78 is 53.9. The van der Waals surface area contributed by atoms with Gasteiger partial charge in [-0.1, -0.05) is 34.4 Å². The highest BCUT2D eigenvalue weighted by atomic mass is 35.5. The summed E-state index contributed by atoms with van der Waals surface area (Å²) in [6.45, 7) is 3.53. The number of rotatable bonds is 9. The van der Waals surface area contributed by atoms with Gasteiger partial charge in [0.1, 0.15) is 17.3 Å². The molecule has 28 heavy (non-hydrogen) atoms. The van der Waals surface area contributed by atoms with Crippen LogP contribution in [-0.2, 0) is 21.2 Å². The highest BCUT2D eigenvalue weighted by molar-refractivity contribution is 7.93. The van der Waals surface area contributed by atoms with Gasteiger partial charge in [0.15, 0.2) is 0 Å². The van der Waals surface area contributed by atoms with Crippen molar-refractivity contribution in [3.8, 4) is 0 Å². The molecule has 0 fully saturated rings. The molecule has 0 saturated heterocycles. The first-order valence-electron chi connectivity index (χ1n) is 8.76. The molecule has 0 aliphatic rings. The van der Waals surface area contributed by atoms with Crippen LogP contribution < -0.4 is 4.31 Å².